The van der Waals surface area contributed by atoms with Crippen LogP contribution in [0.3, 0.4) is 0 Å². The molecular formula is C29H35BO2. The quantitative estimate of drug-likeness (QED) is 0.535. The van der Waals surface area contributed by atoms with Crippen LogP contribution in [0.15, 0.2) is 66.8 Å². The van der Waals surface area contributed by atoms with E-state index in [0.717, 1.165) is 18.3 Å². The van der Waals surface area contributed by atoms with Crippen LogP contribution in [0, 0.1) is 0 Å². The summed E-state index contributed by atoms with van der Waals surface area (Å²) in [7, 11) is 0.503. The number of allylic oxidation sites excluding steroid dienone is 6. The lowest BCUT2D eigenvalue weighted by Gasteiger charge is -2.26. The van der Waals surface area contributed by atoms with Crippen LogP contribution in [-0.4, -0.2) is 24.3 Å². The lowest BCUT2D eigenvalue weighted by Crippen LogP contribution is -2.38. The van der Waals surface area contributed by atoms with E-state index >= 15 is 0 Å². The number of aliphatic hydroxyl groups is 1. The highest BCUT2D eigenvalue weighted by atomic mass is 16.5. The molecule has 3 heteroatoms. The number of hydrogen-bond acceptors (Lipinski definition) is 2. The van der Waals surface area contributed by atoms with Crippen LogP contribution in [0.4, 0.5) is 0 Å². The van der Waals surface area contributed by atoms with Gasteiger partial charge in [-0.15, -0.1) is 0 Å². The first-order valence-electron chi connectivity index (χ1n) is 12.1. The van der Waals surface area contributed by atoms with E-state index in [9.17, 15) is 5.11 Å². The normalized spacial score (nSPS) is 17.5. The van der Waals surface area contributed by atoms with Crippen LogP contribution < -0.4 is 5.46 Å². The Morgan fingerprint density at radius 3 is 2.34 bits per heavy atom. The topological polar surface area (TPSA) is 29.5 Å². The highest BCUT2D eigenvalue weighted by Gasteiger charge is 2.22. The highest BCUT2D eigenvalue weighted by molar-refractivity contribution is 6.47. The van der Waals surface area contributed by atoms with Crippen LogP contribution in [0.25, 0.3) is 22.3 Å². The van der Waals surface area contributed by atoms with Crippen molar-refractivity contribution in [3.8, 4) is 11.1 Å². The molecule has 4 rings (SSSR count). The first kappa shape index (κ1) is 22.8. The molecule has 32 heavy (non-hydrogen) atoms. The molecule has 0 bridgehead atoms. The molecule has 0 unspecified atom stereocenters. The third-order valence-electron chi connectivity index (χ3n) is 6.74. The van der Waals surface area contributed by atoms with Crippen LogP contribution in [-0.2, 0) is 4.65 Å². The fourth-order valence-corrected chi connectivity index (χ4v) is 4.36. The zero-order chi connectivity index (χ0) is 22.6. The van der Waals surface area contributed by atoms with Crippen LogP contribution >= 0.6 is 0 Å². The molecule has 2 aliphatic rings. The Hall–Kier alpha value is -2.36. The van der Waals surface area contributed by atoms with E-state index in [4.69, 9.17) is 4.65 Å². The zero-order valence-corrected chi connectivity index (χ0v) is 19.7. The van der Waals surface area contributed by atoms with E-state index in [1.54, 1.807) is 13.8 Å². The SMILES string of the molecule is C[C@@H](OBc1ccc(-c2ccc(C3=CCCC=C3)c(C3=CCCCC3)c2)cc1)C(C)(C)O. The number of benzene rings is 2. The van der Waals surface area contributed by atoms with Gasteiger partial charge < -0.3 is 9.76 Å². The van der Waals surface area contributed by atoms with Crippen molar-refractivity contribution in [2.24, 2.45) is 0 Å². The highest BCUT2D eigenvalue weighted by Crippen LogP contribution is 2.36. The smallest absolute Gasteiger partial charge is 0.309 e. The van der Waals surface area contributed by atoms with Gasteiger partial charge in [0.2, 0.25) is 0 Å². The third-order valence-corrected chi connectivity index (χ3v) is 6.74. The van der Waals surface area contributed by atoms with E-state index in [0.29, 0.717) is 7.48 Å². The number of hydrogen-bond donors (Lipinski definition) is 1. The Kier molecular flexibility index (Phi) is 7.18. The first-order valence-corrected chi connectivity index (χ1v) is 12.1. The zero-order valence-electron chi connectivity index (χ0n) is 19.7. The average Bonchev–Trinajstić information content (AvgIpc) is 2.83. The minimum Gasteiger partial charge on any atom is -0.429 e. The lowest BCUT2D eigenvalue weighted by molar-refractivity contribution is -0.0222. The van der Waals surface area contributed by atoms with Crippen molar-refractivity contribution >= 4 is 24.1 Å². The summed E-state index contributed by atoms with van der Waals surface area (Å²) < 4.78 is 5.85. The lowest BCUT2D eigenvalue weighted by atomic mass is 9.84. The second kappa shape index (κ2) is 10.1. The standard InChI is InChI=1S/C29H35BO2/c1-21(29(2,3)31)32-30-26-17-14-22(15-18-26)25-16-19-27(23-10-6-4-7-11-23)28(20-25)24-12-8-5-9-13-24/h6,10-12,14-21,30-31H,4-5,7-9,13H2,1-3H3/t21-/m1/s1. The molecule has 0 radical (unpaired) electrons. The Morgan fingerprint density at radius 1 is 0.906 bits per heavy atom. The maximum atomic E-state index is 10.1. The predicted octanol–water partition coefficient (Wildman–Crippen LogP) is 6.20. The molecule has 0 saturated heterocycles. The molecule has 0 fully saturated rings. The molecule has 166 valence electrons. The molecule has 2 aromatic carbocycles. The molecule has 2 aliphatic carbocycles. The van der Waals surface area contributed by atoms with E-state index in [-0.39, 0.29) is 6.10 Å². The monoisotopic (exact) mass is 426 g/mol. The second-order valence-corrected chi connectivity index (χ2v) is 9.68. The van der Waals surface area contributed by atoms with Gasteiger partial charge in [-0.25, -0.2) is 0 Å². The Labute approximate surface area is 194 Å². The van der Waals surface area contributed by atoms with Crippen molar-refractivity contribution in [3.63, 3.8) is 0 Å². The predicted molar refractivity (Wildman–Crippen MR) is 138 cm³/mol. The van der Waals surface area contributed by atoms with Gasteiger partial charge in [0.05, 0.1) is 11.7 Å². The van der Waals surface area contributed by atoms with Gasteiger partial charge >= 0.3 is 7.48 Å². The Bertz CT molecular complexity index is 1020. The van der Waals surface area contributed by atoms with Gasteiger partial charge in [0.25, 0.3) is 0 Å². The van der Waals surface area contributed by atoms with Crippen molar-refractivity contribution in [1.29, 1.82) is 0 Å². The van der Waals surface area contributed by atoms with Gasteiger partial charge in [-0.2, -0.15) is 0 Å². The molecule has 2 nitrogen and oxygen atoms in total. The van der Waals surface area contributed by atoms with Gasteiger partial charge in [-0.3, -0.25) is 0 Å². The van der Waals surface area contributed by atoms with Crippen molar-refractivity contribution < 1.29 is 9.76 Å². The van der Waals surface area contributed by atoms with Gasteiger partial charge in [0.15, 0.2) is 0 Å². The summed E-state index contributed by atoms with van der Waals surface area (Å²) in [6.07, 6.45) is 16.4. The molecule has 1 atom stereocenters. The van der Waals surface area contributed by atoms with Crippen molar-refractivity contribution in [3.05, 3.63) is 77.9 Å². The van der Waals surface area contributed by atoms with Gasteiger partial charge in [-0.1, -0.05) is 66.2 Å². The summed E-state index contributed by atoms with van der Waals surface area (Å²) in [5.74, 6) is 0. The van der Waals surface area contributed by atoms with E-state index in [2.05, 4.69) is 66.8 Å². The average molecular weight is 426 g/mol. The fourth-order valence-electron chi connectivity index (χ4n) is 4.36. The van der Waals surface area contributed by atoms with Gasteiger partial charge in [-0.05, 0) is 98.8 Å². The fraction of sp³-hybridized carbons (Fsp3) is 0.379. The molecule has 1 N–H and O–H groups in total. The van der Waals surface area contributed by atoms with E-state index in [1.807, 2.05) is 6.92 Å². The van der Waals surface area contributed by atoms with Crippen molar-refractivity contribution in [2.75, 3.05) is 0 Å². The minimum absolute atomic E-state index is 0.218. The third kappa shape index (κ3) is 5.52. The summed E-state index contributed by atoms with van der Waals surface area (Å²) in [6.45, 7) is 5.47. The van der Waals surface area contributed by atoms with Crippen molar-refractivity contribution in [2.45, 2.75) is 71.0 Å². The van der Waals surface area contributed by atoms with Gasteiger partial charge in [0, 0.05) is 0 Å². The van der Waals surface area contributed by atoms with Crippen LogP contribution in [0.5, 0.6) is 0 Å². The van der Waals surface area contributed by atoms with Crippen LogP contribution in [0.1, 0.15) is 70.4 Å². The largest absolute Gasteiger partial charge is 0.429 e. The summed E-state index contributed by atoms with van der Waals surface area (Å²) in [5.41, 5.74) is 8.38. The summed E-state index contributed by atoms with van der Waals surface area (Å²) in [5, 5.41) is 10.1. The van der Waals surface area contributed by atoms with E-state index in [1.165, 1.54) is 59.1 Å². The molecule has 0 aliphatic heterocycles. The molecule has 0 spiro atoms. The molecule has 2 aromatic rings. The molecule has 0 heterocycles. The van der Waals surface area contributed by atoms with Crippen molar-refractivity contribution in [1.82, 2.24) is 0 Å². The maximum Gasteiger partial charge on any atom is 0.309 e. The summed E-state index contributed by atoms with van der Waals surface area (Å²) >= 11 is 0. The maximum absolute atomic E-state index is 10.1. The van der Waals surface area contributed by atoms with Crippen LogP contribution in [0.2, 0.25) is 0 Å². The van der Waals surface area contributed by atoms with Gasteiger partial charge in [0.1, 0.15) is 0 Å². The molecule has 0 aromatic heterocycles. The molecule has 0 saturated carbocycles. The summed E-state index contributed by atoms with van der Waals surface area (Å²) in [6, 6.07) is 15.6. The molecular weight excluding hydrogens is 391 g/mol. The first-order chi connectivity index (χ1) is 15.4. The number of rotatable bonds is 7. The Morgan fingerprint density at radius 2 is 1.69 bits per heavy atom. The Balaban J connectivity index is 1.59. The summed E-state index contributed by atoms with van der Waals surface area (Å²) in [4.78, 5) is 0. The molecule has 0 amide bonds. The minimum atomic E-state index is -0.838. The van der Waals surface area contributed by atoms with E-state index < -0.39 is 5.60 Å². The second-order valence-electron chi connectivity index (χ2n) is 9.68.